The number of ether oxygens (including phenoxy) is 1. The Labute approximate surface area is 189 Å². The van der Waals surface area contributed by atoms with E-state index in [0.717, 1.165) is 22.3 Å². The van der Waals surface area contributed by atoms with Gasteiger partial charge in [0.1, 0.15) is 12.3 Å². The number of carbonyl (C=O) groups excluding carboxylic acids is 1. The van der Waals surface area contributed by atoms with Crippen molar-refractivity contribution in [1.29, 1.82) is 0 Å². The van der Waals surface area contributed by atoms with Crippen LogP contribution in [0.2, 0.25) is 10.0 Å². The molecule has 0 saturated heterocycles. The van der Waals surface area contributed by atoms with Crippen LogP contribution in [-0.2, 0) is 16.0 Å². The fourth-order valence-electron chi connectivity index (χ4n) is 3.95. The molecular weight excluding hydrogens is 437 g/mol. The number of fused-ring (bicyclic) bond motifs is 1. The van der Waals surface area contributed by atoms with E-state index in [1.165, 1.54) is 4.90 Å². The van der Waals surface area contributed by atoms with Gasteiger partial charge in [0.15, 0.2) is 0 Å². The minimum atomic E-state index is -1.08. The zero-order valence-corrected chi connectivity index (χ0v) is 18.2. The number of nitrogens with zero attached hydrogens (tertiary/aromatic N) is 1. The van der Waals surface area contributed by atoms with Crippen LogP contribution in [0.1, 0.15) is 12.0 Å². The summed E-state index contributed by atoms with van der Waals surface area (Å²) in [4.78, 5) is 25.6. The van der Waals surface area contributed by atoms with Crippen LogP contribution in [0, 0.1) is 0 Å². The first-order valence-corrected chi connectivity index (χ1v) is 10.4. The van der Waals surface area contributed by atoms with Gasteiger partial charge < -0.3 is 14.7 Å². The highest BCUT2D eigenvalue weighted by molar-refractivity contribution is 6.31. The number of benzene rings is 3. The molecule has 0 aromatic heterocycles. The Bertz CT molecular complexity index is 1160. The molecule has 3 aromatic rings. The maximum absolute atomic E-state index is 12.7. The molecule has 1 aliphatic rings. The Morgan fingerprint density at radius 3 is 2.13 bits per heavy atom. The lowest BCUT2D eigenvalue weighted by atomic mass is 9.88. The second kappa shape index (κ2) is 8.61. The Hall–Kier alpha value is -3.02. The Balaban J connectivity index is 2.05. The van der Waals surface area contributed by atoms with Crippen LogP contribution in [0.3, 0.4) is 0 Å². The Morgan fingerprint density at radius 1 is 1.00 bits per heavy atom. The SMILES string of the molecule is COc1c(-c2ccc(Cl)cc2)cc2c(c1-c1ccc(Cl)cc1)N(CC(=O)O)C(=O)CC2. The van der Waals surface area contributed by atoms with E-state index in [4.69, 9.17) is 27.9 Å². The van der Waals surface area contributed by atoms with E-state index >= 15 is 0 Å². The number of methoxy groups -OCH3 is 1. The molecule has 0 radical (unpaired) electrons. The summed E-state index contributed by atoms with van der Waals surface area (Å²) in [5.74, 6) is -0.760. The highest BCUT2D eigenvalue weighted by atomic mass is 35.5. The van der Waals surface area contributed by atoms with Crippen molar-refractivity contribution in [3.05, 3.63) is 70.2 Å². The summed E-state index contributed by atoms with van der Waals surface area (Å²) < 4.78 is 5.85. The predicted octanol–water partition coefficient (Wildman–Crippen LogP) is 5.70. The topological polar surface area (TPSA) is 66.8 Å². The molecule has 7 heteroatoms. The van der Waals surface area contributed by atoms with Gasteiger partial charge in [-0.05, 0) is 53.4 Å². The Morgan fingerprint density at radius 2 is 1.58 bits per heavy atom. The molecule has 0 aliphatic carbocycles. The summed E-state index contributed by atoms with van der Waals surface area (Å²) in [7, 11) is 1.56. The highest BCUT2D eigenvalue weighted by Gasteiger charge is 2.32. The molecule has 158 valence electrons. The molecule has 31 heavy (non-hydrogen) atoms. The molecule has 4 rings (SSSR count). The monoisotopic (exact) mass is 455 g/mol. The first kappa shape index (κ1) is 21.2. The third kappa shape index (κ3) is 4.11. The molecule has 1 aliphatic heterocycles. The maximum Gasteiger partial charge on any atom is 0.323 e. The number of anilines is 1. The molecule has 1 N–H and O–H groups in total. The second-order valence-corrected chi connectivity index (χ2v) is 8.10. The van der Waals surface area contributed by atoms with Crippen molar-refractivity contribution < 1.29 is 19.4 Å². The van der Waals surface area contributed by atoms with Gasteiger partial charge in [0.05, 0.1) is 12.8 Å². The van der Waals surface area contributed by atoms with Gasteiger partial charge in [0.2, 0.25) is 5.91 Å². The first-order valence-electron chi connectivity index (χ1n) is 9.67. The lowest BCUT2D eigenvalue weighted by Crippen LogP contribution is -2.39. The van der Waals surface area contributed by atoms with Crippen molar-refractivity contribution in [2.75, 3.05) is 18.6 Å². The van der Waals surface area contributed by atoms with Crippen LogP contribution in [-0.4, -0.2) is 30.6 Å². The molecule has 0 fully saturated rings. The fourth-order valence-corrected chi connectivity index (χ4v) is 4.21. The second-order valence-electron chi connectivity index (χ2n) is 7.23. The van der Waals surface area contributed by atoms with Crippen LogP contribution in [0.4, 0.5) is 5.69 Å². The van der Waals surface area contributed by atoms with E-state index in [2.05, 4.69) is 0 Å². The summed E-state index contributed by atoms with van der Waals surface area (Å²) in [6.07, 6.45) is 0.752. The van der Waals surface area contributed by atoms with Crippen molar-refractivity contribution in [3.63, 3.8) is 0 Å². The van der Waals surface area contributed by atoms with Gasteiger partial charge in [-0.15, -0.1) is 0 Å². The van der Waals surface area contributed by atoms with Crippen molar-refractivity contribution in [1.82, 2.24) is 0 Å². The Kier molecular flexibility index (Phi) is 5.90. The number of amides is 1. The molecule has 1 amide bonds. The van der Waals surface area contributed by atoms with Gasteiger partial charge >= 0.3 is 5.97 Å². The number of carbonyl (C=O) groups is 2. The lowest BCUT2D eigenvalue weighted by molar-refractivity contribution is -0.136. The smallest absolute Gasteiger partial charge is 0.323 e. The van der Waals surface area contributed by atoms with E-state index in [0.29, 0.717) is 33.5 Å². The van der Waals surface area contributed by atoms with Crippen LogP contribution >= 0.6 is 23.2 Å². The van der Waals surface area contributed by atoms with Crippen molar-refractivity contribution >= 4 is 40.8 Å². The molecule has 1 heterocycles. The summed E-state index contributed by atoms with van der Waals surface area (Å²) in [6, 6.07) is 16.6. The number of rotatable bonds is 5. The summed E-state index contributed by atoms with van der Waals surface area (Å²) >= 11 is 12.2. The summed E-state index contributed by atoms with van der Waals surface area (Å²) in [5, 5.41) is 10.6. The minimum Gasteiger partial charge on any atom is -0.495 e. The minimum absolute atomic E-state index is 0.230. The highest BCUT2D eigenvalue weighted by Crippen LogP contribution is 2.49. The largest absolute Gasteiger partial charge is 0.495 e. The zero-order chi connectivity index (χ0) is 22.1. The standard InChI is InChI=1S/C24H19Cl2NO4/c1-31-24-19(14-2-7-17(25)8-3-14)12-16-6-11-20(28)27(13-21(29)30)23(16)22(24)15-4-9-18(26)10-5-15/h2-5,7-10,12H,6,11,13H2,1H3,(H,29,30). The predicted molar refractivity (Wildman–Crippen MR) is 122 cm³/mol. The molecular formula is C24H19Cl2NO4. The van der Waals surface area contributed by atoms with Crippen molar-refractivity contribution in [2.45, 2.75) is 12.8 Å². The number of aryl methyl sites for hydroxylation is 1. The number of carboxylic acid groups (broad SMARTS) is 1. The third-order valence-corrected chi connectivity index (χ3v) is 5.80. The van der Waals surface area contributed by atoms with E-state index < -0.39 is 12.5 Å². The van der Waals surface area contributed by atoms with Crippen LogP contribution in [0.15, 0.2) is 54.6 Å². The fraction of sp³-hybridized carbons (Fsp3) is 0.167. The van der Waals surface area contributed by atoms with E-state index in [9.17, 15) is 14.7 Å². The van der Waals surface area contributed by atoms with E-state index in [-0.39, 0.29) is 12.3 Å². The molecule has 0 spiro atoms. The number of hydrogen-bond donors (Lipinski definition) is 1. The molecule has 0 bridgehead atoms. The van der Waals surface area contributed by atoms with E-state index in [1.54, 1.807) is 31.4 Å². The van der Waals surface area contributed by atoms with Crippen molar-refractivity contribution in [3.8, 4) is 28.0 Å². The quantitative estimate of drug-likeness (QED) is 0.535. The lowest BCUT2D eigenvalue weighted by Gasteiger charge is -2.32. The van der Waals surface area contributed by atoms with Gasteiger partial charge in [0.25, 0.3) is 0 Å². The zero-order valence-electron chi connectivity index (χ0n) is 16.7. The number of halogens is 2. The van der Waals surface area contributed by atoms with Gasteiger partial charge in [-0.2, -0.15) is 0 Å². The third-order valence-electron chi connectivity index (χ3n) is 5.30. The number of aliphatic carboxylic acids is 1. The number of hydrogen-bond acceptors (Lipinski definition) is 3. The molecule has 3 aromatic carbocycles. The molecule has 0 saturated carbocycles. The van der Waals surface area contributed by atoms with Gasteiger partial charge in [0, 0.05) is 27.6 Å². The first-order chi connectivity index (χ1) is 14.9. The molecule has 0 atom stereocenters. The van der Waals surface area contributed by atoms with Crippen LogP contribution in [0.25, 0.3) is 22.3 Å². The number of carboxylic acids is 1. The van der Waals surface area contributed by atoms with Crippen molar-refractivity contribution in [2.24, 2.45) is 0 Å². The summed E-state index contributed by atoms with van der Waals surface area (Å²) in [5.41, 5.74) is 4.63. The maximum atomic E-state index is 12.7. The van der Waals surface area contributed by atoms with Gasteiger partial charge in [-0.1, -0.05) is 47.5 Å². The normalized spacial score (nSPS) is 13.1. The molecule has 0 unspecified atom stereocenters. The average Bonchev–Trinajstić information content (AvgIpc) is 2.75. The van der Waals surface area contributed by atoms with Gasteiger partial charge in [-0.25, -0.2) is 0 Å². The van der Waals surface area contributed by atoms with Gasteiger partial charge in [-0.3, -0.25) is 9.59 Å². The van der Waals surface area contributed by atoms with E-state index in [1.807, 2.05) is 30.3 Å². The van der Waals surface area contributed by atoms with Crippen LogP contribution in [0.5, 0.6) is 5.75 Å². The van der Waals surface area contributed by atoms with Crippen LogP contribution < -0.4 is 9.64 Å². The average molecular weight is 456 g/mol. The molecule has 5 nitrogen and oxygen atoms in total. The summed E-state index contributed by atoms with van der Waals surface area (Å²) in [6.45, 7) is -0.421.